The lowest BCUT2D eigenvalue weighted by molar-refractivity contribution is -0.123. The van der Waals surface area contributed by atoms with E-state index in [1.54, 1.807) is 42.5 Å². The van der Waals surface area contributed by atoms with Crippen LogP contribution in [-0.4, -0.2) is 90.7 Å². The Morgan fingerprint density at radius 1 is 0.907 bits per heavy atom. The molecule has 3 aliphatic rings. The molecule has 3 saturated heterocycles. The Morgan fingerprint density at radius 2 is 1.56 bits per heavy atom. The van der Waals surface area contributed by atoms with E-state index in [0.717, 1.165) is 16.7 Å². The summed E-state index contributed by atoms with van der Waals surface area (Å²) in [5.41, 5.74) is 0.875. The lowest BCUT2D eigenvalue weighted by Gasteiger charge is -2.30. The molecule has 12 nitrogen and oxygen atoms in total. The second-order valence-electron chi connectivity index (χ2n) is 9.79. The van der Waals surface area contributed by atoms with E-state index in [2.05, 4.69) is 9.97 Å². The summed E-state index contributed by atoms with van der Waals surface area (Å²) in [6, 6.07) is 11.3. The van der Waals surface area contributed by atoms with Gasteiger partial charge in [-0.05, 0) is 41.6 Å². The van der Waals surface area contributed by atoms with Crippen molar-refractivity contribution in [2.45, 2.75) is 6.54 Å². The van der Waals surface area contributed by atoms with E-state index >= 15 is 0 Å². The summed E-state index contributed by atoms with van der Waals surface area (Å²) < 4.78 is 36.8. The molecule has 2 amide bonds. The molecule has 0 N–H and O–H groups in total. The standard InChI is InChI=1S/C29H29FN6O6S/c1-39-23-16-19(17-24-25(37)36(29(38)43-24)18-20-4-2-3-5-21(20)30)6-7-22(23)42-28-32-26(34-8-12-40-13-9-34)31-27(33-28)35-10-14-41-15-11-35/h2-7,16-17H,8-15,18H2,1H3/b24-17-. The van der Waals surface area contributed by atoms with Gasteiger partial charge in [0, 0.05) is 31.7 Å². The predicted molar refractivity (Wildman–Crippen MR) is 157 cm³/mol. The zero-order valence-electron chi connectivity index (χ0n) is 23.4. The molecular weight excluding hydrogens is 579 g/mol. The number of rotatable bonds is 8. The van der Waals surface area contributed by atoms with Gasteiger partial charge in [-0.1, -0.05) is 24.3 Å². The molecule has 0 saturated carbocycles. The fourth-order valence-electron chi connectivity index (χ4n) is 4.73. The summed E-state index contributed by atoms with van der Waals surface area (Å²) >= 11 is 0.802. The van der Waals surface area contributed by atoms with Gasteiger partial charge in [-0.15, -0.1) is 0 Å². The number of imide groups is 1. The summed E-state index contributed by atoms with van der Waals surface area (Å²) in [6.45, 7) is 4.76. The average molecular weight is 609 g/mol. The Hall–Kier alpha value is -4.27. The van der Waals surface area contributed by atoms with E-state index in [9.17, 15) is 14.0 Å². The third-order valence-electron chi connectivity index (χ3n) is 7.03. The van der Waals surface area contributed by atoms with Crippen LogP contribution in [0, 0.1) is 5.82 Å². The maximum absolute atomic E-state index is 14.1. The smallest absolute Gasteiger partial charge is 0.328 e. The molecule has 3 fully saturated rings. The van der Waals surface area contributed by atoms with Gasteiger partial charge in [0.25, 0.3) is 11.1 Å². The summed E-state index contributed by atoms with van der Waals surface area (Å²) in [4.78, 5) is 44.8. The van der Waals surface area contributed by atoms with Crippen molar-refractivity contribution in [2.24, 2.45) is 0 Å². The van der Waals surface area contributed by atoms with Crippen molar-refractivity contribution < 1.29 is 32.9 Å². The van der Waals surface area contributed by atoms with Crippen molar-refractivity contribution >= 4 is 40.9 Å². The second-order valence-corrected chi connectivity index (χ2v) is 10.8. The Balaban J connectivity index is 1.23. The summed E-state index contributed by atoms with van der Waals surface area (Å²) in [5.74, 6) is 0.764. The number of ether oxygens (including phenoxy) is 4. The van der Waals surface area contributed by atoms with Crippen molar-refractivity contribution in [1.29, 1.82) is 0 Å². The number of morpholine rings is 2. The number of halogens is 1. The second kappa shape index (κ2) is 12.9. The van der Waals surface area contributed by atoms with Gasteiger partial charge in [0.15, 0.2) is 11.5 Å². The van der Waals surface area contributed by atoms with Crippen LogP contribution in [0.5, 0.6) is 17.5 Å². The number of hydrogen-bond acceptors (Lipinski definition) is 12. The number of nitrogens with zero attached hydrogens (tertiary/aromatic N) is 6. The van der Waals surface area contributed by atoms with Gasteiger partial charge in [0.1, 0.15) is 5.82 Å². The molecule has 2 aromatic carbocycles. The highest BCUT2D eigenvalue weighted by atomic mass is 32.2. The molecule has 0 radical (unpaired) electrons. The van der Waals surface area contributed by atoms with Gasteiger partial charge in [-0.25, -0.2) is 4.39 Å². The largest absolute Gasteiger partial charge is 0.493 e. The minimum Gasteiger partial charge on any atom is -0.493 e. The van der Waals surface area contributed by atoms with Crippen molar-refractivity contribution in [3.05, 3.63) is 64.3 Å². The fraction of sp³-hybridized carbons (Fsp3) is 0.345. The highest BCUT2D eigenvalue weighted by molar-refractivity contribution is 8.18. The number of carbonyl (C=O) groups excluding carboxylic acids is 2. The van der Waals surface area contributed by atoms with E-state index in [1.807, 2.05) is 9.80 Å². The van der Waals surface area contributed by atoms with Crippen LogP contribution in [0.25, 0.3) is 6.08 Å². The number of methoxy groups -OCH3 is 1. The maximum Gasteiger partial charge on any atom is 0.328 e. The molecule has 43 heavy (non-hydrogen) atoms. The highest BCUT2D eigenvalue weighted by Gasteiger charge is 2.35. The lowest BCUT2D eigenvalue weighted by Crippen LogP contribution is -2.40. The van der Waals surface area contributed by atoms with Gasteiger partial charge in [-0.2, -0.15) is 15.0 Å². The van der Waals surface area contributed by atoms with Crippen LogP contribution in [0.3, 0.4) is 0 Å². The zero-order chi connectivity index (χ0) is 29.8. The van der Waals surface area contributed by atoms with E-state index in [0.29, 0.717) is 81.6 Å². The number of amides is 2. The first-order valence-corrected chi connectivity index (χ1v) is 14.6. The van der Waals surface area contributed by atoms with E-state index in [4.69, 9.17) is 23.9 Å². The van der Waals surface area contributed by atoms with Crippen molar-refractivity contribution in [2.75, 3.05) is 69.5 Å². The number of aromatic nitrogens is 3. The molecule has 0 aliphatic carbocycles. The predicted octanol–water partition coefficient (Wildman–Crippen LogP) is 3.72. The van der Waals surface area contributed by atoms with Crippen LogP contribution in [0.4, 0.5) is 21.1 Å². The lowest BCUT2D eigenvalue weighted by atomic mass is 10.1. The van der Waals surface area contributed by atoms with Crippen LogP contribution in [0.1, 0.15) is 11.1 Å². The molecule has 4 heterocycles. The Morgan fingerprint density at radius 3 is 2.19 bits per heavy atom. The number of anilines is 2. The first-order chi connectivity index (χ1) is 21.0. The molecule has 3 aromatic rings. The Kier molecular flexibility index (Phi) is 8.67. The first-order valence-electron chi connectivity index (χ1n) is 13.7. The molecule has 1 aromatic heterocycles. The minimum absolute atomic E-state index is 0.110. The summed E-state index contributed by atoms with van der Waals surface area (Å²) in [7, 11) is 1.50. The molecule has 6 rings (SSSR count). The zero-order valence-corrected chi connectivity index (χ0v) is 24.2. The number of thioether (sulfide) groups is 1. The number of carbonyl (C=O) groups is 2. The van der Waals surface area contributed by atoms with Gasteiger partial charge in [-0.3, -0.25) is 14.5 Å². The third-order valence-corrected chi connectivity index (χ3v) is 7.93. The van der Waals surface area contributed by atoms with Crippen LogP contribution < -0.4 is 19.3 Å². The first kappa shape index (κ1) is 28.8. The monoisotopic (exact) mass is 608 g/mol. The third kappa shape index (κ3) is 6.55. The van der Waals surface area contributed by atoms with Crippen LogP contribution in [-0.2, 0) is 20.8 Å². The fourth-order valence-corrected chi connectivity index (χ4v) is 5.57. The molecule has 14 heteroatoms. The Labute approximate surface area is 251 Å². The van der Waals surface area contributed by atoms with Crippen molar-refractivity contribution in [1.82, 2.24) is 19.9 Å². The number of hydrogen-bond donors (Lipinski definition) is 0. The summed E-state index contributed by atoms with van der Waals surface area (Å²) in [5, 5.41) is -0.464. The van der Waals surface area contributed by atoms with Crippen molar-refractivity contribution in [3.8, 4) is 17.5 Å². The number of benzene rings is 2. The van der Waals surface area contributed by atoms with Gasteiger partial charge < -0.3 is 28.7 Å². The minimum atomic E-state index is -0.492. The highest BCUT2D eigenvalue weighted by Crippen LogP contribution is 2.36. The Bertz CT molecular complexity index is 1510. The van der Waals surface area contributed by atoms with Crippen molar-refractivity contribution in [3.63, 3.8) is 0 Å². The molecule has 0 spiro atoms. The average Bonchev–Trinajstić information content (AvgIpc) is 3.30. The molecule has 224 valence electrons. The molecule has 0 bridgehead atoms. The molecular formula is C29H29FN6O6S. The van der Waals surface area contributed by atoms with Crippen LogP contribution in [0.15, 0.2) is 47.4 Å². The molecule has 3 aliphatic heterocycles. The van der Waals surface area contributed by atoms with Crippen LogP contribution >= 0.6 is 11.8 Å². The van der Waals surface area contributed by atoms with Gasteiger partial charge >= 0.3 is 6.01 Å². The quantitative estimate of drug-likeness (QED) is 0.347. The van der Waals surface area contributed by atoms with Gasteiger partial charge in [0.2, 0.25) is 11.9 Å². The summed E-state index contributed by atoms with van der Waals surface area (Å²) in [6.07, 6.45) is 1.59. The molecule has 0 atom stereocenters. The van der Waals surface area contributed by atoms with E-state index < -0.39 is 17.0 Å². The normalized spacial score (nSPS) is 18.5. The van der Waals surface area contributed by atoms with Crippen LogP contribution in [0.2, 0.25) is 0 Å². The SMILES string of the molecule is COc1cc(/C=C2\SC(=O)N(Cc3ccccc3F)C2=O)ccc1Oc1nc(N2CCOCC2)nc(N2CCOCC2)n1. The molecule has 0 unspecified atom stereocenters. The van der Waals surface area contributed by atoms with E-state index in [1.165, 1.54) is 13.2 Å². The maximum atomic E-state index is 14.1. The topological polar surface area (TPSA) is 119 Å². The van der Waals surface area contributed by atoms with E-state index in [-0.39, 0.29) is 23.0 Å². The van der Waals surface area contributed by atoms with Gasteiger partial charge in [0.05, 0.1) is 45.0 Å².